The van der Waals surface area contributed by atoms with E-state index in [1.165, 1.54) is 11.8 Å². The molecule has 0 radical (unpaired) electrons. The summed E-state index contributed by atoms with van der Waals surface area (Å²) in [7, 11) is 0. The van der Waals surface area contributed by atoms with E-state index < -0.39 is 0 Å². The molecule has 1 saturated heterocycles. The zero-order chi connectivity index (χ0) is 19.8. The maximum atomic E-state index is 12.6. The van der Waals surface area contributed by atoms with Crippen LogP contribution in [-0.2, 0) is 16.1 Å². The molecule has 0 aromatic heterocycles. The Morgan fingerprint density at radius 3 is 2.82 bits per heavy atom. The van der Waals surface area contributed by atoms with E-state index in [1.807, 2.05) is 36.4 Å². The van der Waals surface area contributed by atoms with E-state index in [4.69, 9.17) is 17.0 Å². The van der Waals surface area contributed by atoms with Gasteiger partial charge in [0.25, 0.3) is 11.8 Å². The average Bonchev–Trinajstić information content (AvgIpc) is 2.94. The second kappa shape index (κ2) is 8.13. The lowest BCUT2D eigenvalue weighted by Crippen LogP contribution is -2.38. The summed E-state index contributed by atoms with van der Waals surface area (Å²) in [5.41, 5.74) is 2.50. The molecular formula is C19H12BrIN2O3S2. The fourth-order valence-corrected chi connectivity index (χ4v) is 5.69. The molecule has 2 aromatic carbocycles. The molecule has 5 nitrogen and oxygen atoms in total. The topological polar surface area (TPSA) is 58.6 Å². The van der Waals surface area contributed by atoms with Gasteiger partial charge < -0.3 is 15.0 Å². The Balaban J connectivity index is 1.69. The molecule has 1 fully saturated rings. The van der Waals surface area contributed by atoms with Gasteiger partial charge in [0.05, 0.1) is 17.1 Å². The van der Waals surface area contributed by atoms with Gasteiger partial charge in [-0.25, -0.2) is 0 Å². The highest BCUT2D eigenvalue weighted by Gasteiger charge is 2.27. The van der Waals surface area contributed by atoms with Crippen molar-refractivity contribution in [1.29, 1.82) is 0 Å². The molecule has 0 atom stereocenters. The van der Waals surface area contributed by atoms with Crippen LogP contribution in [0.15, 0.2) is 45.8 Å². The van der Waals surface area contributed by atoms with Crippen LogP contribution in [0, 0.1) is 3.57 Å². The summed E-state index contributed by atoms with van der Waals surface area (Å²) in [4.78, 5) is 26.7. The fraction of sp³-hybridized carbons (Fsp3) is 0.105. The Labute approximate surface area is 193 Å². The predicted molar refractivity (Wildman–Crippen MR) is 126 cm³/mol. The monoisotopic (exact) mass is 586 g/mol. The number of thiocarbonyl (C=S) groups is 1. The number of nitrogens with zero attached hydrogens (tertiary/aromatic N) is 1. The van der Waals surface area contributed by atoms with Gasteiger partial charge >= 0.3 is 0 Å². The van der Waals surface area contributed by atoms with E-state index in [9.17, 15) is 9.59 Å². The second-order valence-corrected chi connectivity index (χ2v) is 10.0. The van der Waals surface area contributed by atoms with E-state index >= 15 is 0 Å². The first-order valence-electron chi connectivity index (χ1n) is 8.16. The van der Waals surface area contributed by atoms with Gasteiger partial charge in [-0.2, -0.15) is 0 Å². The zero-order valence-electron chi connectivity index (χ0n) is 14.2. The van der Waals surface area contributed by atoms with E-state index in [2.05, 4.69) is 43.8 Å². The molecular weight excluding hydrogens is 575 g/mol. The molecule has 2 aromatic rings. The van der Waals surface area contributed by atoms with Crippen molar-refractivity contribution in [3.63, 3.8) is 0 Å². The Bertz CT molecular complexity index is 1040. The van der Waals surface area contributed by atoms with Crippen LogP contribution in [0.5, 0.6) is 5.75 Å². The normalized spacial score (nSPS) is 17.6. The summed E-state index contributed by atoms with van der Waals surface area (Å²) in [6.45, 7) is 0.440. The number of carbonyl (C=O) groups excluding carboxylic acids is 2. The minimum atomic E-state index is -0.208. The number of halogens is 2. The van der Waals surface area contributed by atoms with Crippen LogP contribution in [0.2, 0.25) is 0 Å². The van der Waals surface area contributed by atoms with Crippen molar-refractivity contribution in [3.8, 4) is 5.75 Å². The standard InChI is InChI=1S/C19H12BrIN2O3S2/c20-12-3-11(4-13(21)7-12)8-23-14-5-10(1-2-15(14)26-9-17(23)24)6-16-18(25)22-19(27)28-16/h1-7H,8-9H2,(H,22,25,27)/b16-6+. The highest BCUT2D eigenvalue weighted by atomic mass is 127. The molecule has 0 spiro atoms. The van der Waals surface area contributed by atoms with Gasteiger partial charge in [-0.05, 0) is 70.1 Å². The van der Waals surface area contributed by atoms with Crippen molar-refractivity contribution in [2.45, 2.75) is 6.54 Å². The first-order chi connectivity index (χ1) is 13.4. The van der Waals surface area contributed by atoms with Crippen molar-refractivity contribution >= 4 is 90.4 Å². The minimum Gasteiger partial charge on any atom is -0.482 e. The Morgan fingerprint density at radius 1 is 1.29 bits per heavy atom. The molecule has 0 aliphatic carbocycles. The lowest BCUT2D eigenvalue weighted by molar-refractivity contribution is -0.121. The van der Waals surface area contributed by atoms with Crippen LogP contribution in [0.1, 0.15) is 11.1 Å². The average molecular weight is 587 g/mol. The van der Waals surface area contributed by atoms with E-state index in [0.717, 1.165) is 19.2 Å². The summed E-state index contributed by atoms with van der Waals surface area (Å²) in [5, 5.41) is 2.60. The summed E-state index contributed by atoms with van der Waals surface area (Å²) >= 11 is 12.0. The lowest BCUT2D eigenvalue weighted by Gasteiger charge is -2.30. The van der Waals surface area contributed by atoms with Gasteiger partial charge in [0.15, 0.2) is 6.61 Å². The van der Waals surface area contributed by atoms with Crippen molar-refractivity contribution in [2.75, 3.05) is 11.5 Å². The van der Waals surface area contributed by atoms with Crippen LogP contribution in [0.4, 0.5) is 5.69 Å². The Morgan fingerprint density at radius 2 is 2.11 bits per heavy atom. The maximum Gasteiger partial charge on any atom is 0.265 e. The van der Waals surface area contributed by atoms with Crippen molar-refractivity contribution in [3.05, 3.63) is 60.5 Å². The Kier molecular flexibility index (Phi) is 5.77. The predicted octanol–water partition coefficient (Wildman–Crippen LogP) is 4.47. The number of anilines is 1. The molecule has 1 N–H and O–H groups in total. The number of benzene rings is 2. The van der Waals surface area contributed by atoms with E-state index in [-0.39, 0.29) is 18.4 Å². The summed E-state index contributed by atoms with van der Waals surface area (Å²) < 4.78 is 8.08. The maximum absolute atomic E-state index is 12.6. The first-order valence-corrected chi connectivity index (χ1v) is 11.3. The van der Waals surface area contributed by atoms with Gasteiger partial charge in [0, 0.05) is 8.04 Å². The van der Waals surface area contributed by atoms with Crippen LogP contribution in [-0.4, -0.2) is 22.7 Å². The number of carbonyl (C=O) groups is 2. The van der Waals surface area contributed by atoms with Gasteiger partial charge in [-0.1, -0.05) is 46.0 Å². The molecule has 4 rings (SSSR count). The number of hydrogen-bond acceptors (Lipinski definition) is 5. The number of fused-ring (bicyclic) bond motifs is 1. The third-order valence-corrected chi connectivity index (χ3v) is 6.37. The van der Waals surface area contributed by atoms with Crippen molar-refractivity contribution in [2.24, 2.45) is 0 Å². The highest BCUT2D eigenvalue weighted by molar-refractivity contribution is 14.1. The number of hydrogen-bond donors (Lipinski definition) is 1. The minimum absolute atomic E-state index is 0.00502. The molecule has 9 heteroatoms. The second-order valence-electron chi connectivity index (χ2n) is 6.13. The quantitative estimate of drug-likeness (QED) is 0.327. The molecule has 2 amide bonds. The van der Waals surface area contributed by atoms with E-state index in [0.29, 0.717) is 27.2 Å². The number of rotatable bonds is 3. The summed E-state index contributed by atoms with van der Waals surface area (Å²) in [6, 6.07) is 11.6. The number of ether oxygens (including phenoxy) is 1. The molecule has 0 bridgehead atoms. The van der Waals surface area contributed by atoms with Crippen LogP contribution in [0.3, 0.4) is 0 Å². The molecule has 28 heavy (non-hydrogen) atoms. The number of nitrogens with one attached hydrogen (secondary N) is 1. The number of thioether (sulfide) groups is 1. The molecule has 2 heterocycles. The molecule has 142 valence electrons. The zero-order valence-corrected chi connectivity index (χ0v) is 19.6. The smallest absolute Gasteiger partial charge is 0.265 e. The van der Waals surface area contributed by atoms with Crippen LogP contribution >= 0.6 is 62.5 Å². The Hall–Kier alpha value is -1.43. The van der Waals surface area contributed by atoms with E-state index in [1.54, 1.807) is 11.0 Å². The largest absolute Gasteiger partial charge is 0.482 e. The molecule has 0 unspecified atom stereocenters. The van der Waals surface area contributed by atoms with Crippen LogP contribution in [0.25, 0.3) is 6.08 Å². The number of amides is 2. The third-order valence-electron chi connectivity index (χ3n) is 4.13. The summed E-state index contributed by atoms with van der Waals surface area (Å²) in [6.07, 6.45) is 1.76. The van der Waals surface area contributed by atoms with Gasteiger partial charge in [-0.15, -0.1) is 0 Å². The molecule has 2 aliphatic heterocycles. The van der Waals surface area contributed by atoms with Crippen molar-refractivity contribution < 1.29 is 14.3 Å². The van der Waals surface area contributed by atoms with Gasteiger partial charge in [0.2, 0.25) is 0 Å². The van der Waals surface area contributed by atoms with Gasteiger partial charge in [-0.3, -0.25) is 9.59 Å². The fourth-order valence-electron chi connectivity index (χ4n) is 2.94. The van der Waals surface area contributed by atoms with Gasteiger partial charge in [0.1, 0.15) is 10.1 Å². The SMILES string of the molecule is O=C1NC(=S)S/C1=C/c1ccc2c(c1)N(Cc1cc(Br)cc(I)c1)C(=O)CO2. The van der Waals surface area contributed by atoms with Crippen molar-refractivity contribution in [1.82, 2.24) is 5.32 Å². The third kappa shape index (κ3) is 4.27. The highest BCUT2D eigenvalue weighted by Crippen LogP contribution is 2.36. The van der Waals surface area contributed by atoms with Crippen LogP contribution < -0.4 is 15.0 Å². The molecule has 2 aliphatic rings. The molecule has 0 saturated carbocycles. The summed E-state index contributed by atoms with van der Waals surface area (Å²) in [5.74, 6) is 0.326. The lowest BCUT2D eigenvalue weighted by atomic mass is 10.1. The first kappa shape index (κ1) is 19.9.